The van der Waals surface area contributed by atoms with Gasteiger partial charge in [-0.15, -0.1) is 0 Å². The van der Waals surface area contributed by atoms with E-state index in [-0.39, 0.29) is 24.5 Å². The van der Waals surface area contributed by atoms with Crippen molar-refractivity contribution in [3.63, 3.8) is 0 Å². The van der Waals surface area contributed by atoms with Crippen LogP contribution in [0.5, 0.6) is 28.7 Å². The highest BCUT2D eigenvalue weighted by Crippen LogP contribution is 2.27. The first-order chi connectivity index (χ1) is 11.5. The smallest absolute Gasteiger partial charge is 0.339 e. The molecule has 0 atom stereocenters. The van der Waals surface area contributed by atoms with Crippen molar-refractivity contribution in [2.75, 3.05) is 27.4 Å². The molecule has 0 aliphatic heterocycles. The van der Waals surface area contributed by atoms with Gasteiger partial charge in [0.25, 0.3) is 0 Å². The van der Waals surface area contributed by atoms with Crippen molar-refractivity contribution in [3.8, 4) is 28.7 Å². The molecule has 0 bridgehead atoms. The van der Waals surface area contributed by atoms with Gasteiger partial charge in [0, 0.05) is 24.3 Å². The molecule has 2 rings (SSSR count). The van der Waals surface area contributed by atoms with E-state index in [0.717, 1.165) is 0 Å². The van der Waals surface area contributed by atoms with Crippen LogP contribution in [0.25, 0.3) is 0 Å². The first kappa shape index (κ1) is 17.3. The standard InChI is InChI=1S/C17H18O7/c1-21-12-7-13(22-2)9-14(8-12)24-6-5-23-11-3-4-15(17(19)20)16(18)10-11/h3-4,7-10,18H,5-6H2,1-2H3,(H,19,20). The predicted molar refractivity (Wildman–Crippen MR) is 85.6 cm³/mol. The highest BCUT2D eigenvalue weighted by Gasteiger charge is 2.10. The van der Waals surface area contributed by atoms with Gasteiger partial charge in [0.05, 0.1) is 14.2 Å². The maximum atomic E-state index is 10.8. The van der Waals surface area contributed by atoms with Crippen LogP contribution in [0.15, 0.2) is 36.4 Å². The zero-order valence-electron chi connectivity index (χ0n) is 13.3. The van der Waals surface area contributed by atoms with Crippen LogP contribution in [-0.4, -0.2) is 43.6 Å². The molecule has 7 nitrogen and oxygen atoms in total. The van der Waals surface area contributed by atoms with Crippen LogP contribution in [0.2, 0.25) is 0 Å². The Morgan fingerprint density at radius 1 is 0.875 bits per heavy atom. The number of benzene rings is 2. The van der Waals surface area contributed by atoms with Crippen molar-refractivity contribution in [1.82, 2.24) is 0 Å². The molecule has 0 amide bonds. The highest BCUT2D eigenvalue weighted by atomic mass is 16.5. The Kier molecular flexibility index (Phi) is 5.73. The van der Waals surface area contributed by atoms with Crippen LogP contribution >= 0.6 is 0 Å². The lowest BCUT2D eigenvalue weighted by molar-refractivity contribution is 0.0693. The maximum Gasteiger partial charge on any atom is 0.339 e. The topological polar surface area (TPSA) is 94.5 Å². The van der Waals surface area contributed by atoms with E-state index in [2.05, 4.69) is 0 Å². The van der Waals surface area contributed by atoms with E-state index in [1.165, 1.54) is 18.2 Å². The van der Waals surface area contributed by atoms with Crippen molar-refractivity contribution in [2.45, 2.75) is 0 Å². The molecule has 7 heteroatoms. The summed E-state index contributed by atoms with van der Waals surface area (Å²) in [7, 11) is 3.10. The zero-order chi connectivity index (χ0) is 17.5. The number of aromatic carboxylic acids is 1. The van der Waals surface area contributed by atoms with Crippen LogP contribution in [0.1, 0.15) is 10.4 Å². The lowest BCUT2D eigenvalue weighted by Gasteiger charge is -2.11. The van der Waals surface area contributed by atoms with Gasteiger partial charge in [-0.05, 0) is 12.1 Å². The number of rotatable bonds is 8. The summed E-state index contributed by atoms with van der Waals surface area (Å²) >= 11 is 0. The lowest BCUT2D eigenvalue weighted by atomic mass is 10.2. The molecule has 0 aromatic heterocycles. The maximum absolute atomic E-state index is 10.8. The van der Waals surface area contributed by atoms with Crippen molar-refractivity contribution in [3.05, 3.63) is 42.0 Å². The first-order valence-electron chi connectivity index (χ1n) is 7.08. The molecular formula is C17H18O7. The summed E-state index contributed by atoms with van der Waals surface area (Å²) in [6.07, 6.45) is 0. The number of hydrogen-bond donors (Lipinski definition) is 2. The summed E-state index contributed by atoms with van der Waals surface area (Å²) in [4.78, 5) is 10.8. The van der Waals surface area contributed by atoms with Crippen LogP contribution in [0.3, 0.4) is 0 Å². The van der Waals surface area contributed by atoms with Gasteiger partial charge >= 0.3 is 5.97 Å². The summed E-state index contributed by atoms with van der Waals surface area (Å²) in [5.74, 6) is 0.593. The van der Waals surface area contributed by atoms with Crippen LogP contribution in [0.4, 0.5) is 0 Å². The Morgan fingerprint density at radius 3 is 1.92 bits per heavy atom. The molecule has 0 saturated carbocycles. The van der Waals surface area contributed by atoms with E-state index in [1.807, 2.05) is 0 Å². The van der Waals surface area contributed by atoms with E-state index in [0.29, 0.717) is 23.0 Å². The average molecular weight is 334 g/mol. The number of hydrogen-bond acceptors (Lipinski definition) is 6. The summed E-state index contributed by atoms with van der Waals surface area (Å²) in [6, 6.07) is 9.17. The molecule has 0 fully saturated rings. The number of methoxy groups -OCH3 is 2. The van der Waals surface area contributed by atoms with Crippen molar-refractivity contribution in [1.29, 1.82) is 0 Å². The van der Waals surface area contributed by atoms with Gasteiger partial charge in [-0.1, -0.05) is 0 Å². The summed E-state index contributed by atoms with van der Waals surface area (Å²) in [5, 5.41) is 18.4. The Hall–Kier alpha value is -3.09. The molecular weight excluding hydrogens is 316 g/mol. The SMILES string of the molecule is COc1cc(OC)cc(OCCOc2ccc(C(=O)O)c(O)c2)c1. The number of carboxylic acid groups (broad SMARTS) is 1. The molecule has 0 spiro atoms. The number of carboxylic acids is 1. The second kappa shape index (κ2) is 7.96. The molecule has 0 heterocycles. The lowest BCUT2D eigenvalue weighted by Crippen LogP contribution is -2.09. The average Bonchev–Trinajstić information content (AvgIpc) is 2.58. The second-order valence-corrected chi connectivity index (χ2v) is 4.73. The third kappa shape index (κ3) is 4.45. The van der Waals surface area contributed by atoms with E-state index in [9.17, 15) is 9.90 Å². The number of phenols is 1. The fourth-order valence-corrected chi connectivity index (χ4v) is 1.97. The minimum atomic E-state index is -1.20. The van der Waals surface area contributed by atoms with E-state index in [1.54, 1.807) is 32.4 Å². The first-order valence-corrected chi connectivity index (χ1v) is 7.08. The van der Waals surface area contributed by atoms with Gasteiger partial charge in [-0.25, -0.2) is 4.79 Å². The molecule has 0 unspecified atom stereocenters. The quantitative estimate of drug-likeness (QED) is 0.716. The molecule has 0 aliphatic rings. The third-order valence-corrected chi connectivity index (χ3v) is 3.15. The Bertz CT molecular complexity index is 690. The minimum Gasteiger partial charge on any atom is -0.507 e. The summed E-state index contributed by atoms with van der Waals surface area (Å²) < 4.78 is 21.3. The summed E-state index contributed by atoms with van der Waals surface area (Å²) in [5.41, 5.74) is -0.179. The van der Waals surface area contributed by atoms with E-state index in [4.69, 9.17) is 24.1 Å². The van der Waals surface area contributed by atoms with Gasteiger partial charge in [0.15, 0.2) is 0 Å². The molecule has 24 heavy (non-hydrogen) atoms. The molecule has 2 aromatic rings. The summed E-state index contributed by atoms with van der Waals surface area (Å²) in [6.45, 7) is 0.461. The third-order valence-electron chi connectivity index (χ3n) is 3.15. The van der Waals surface area contributed by atoms with Crippen LogP contribution in [-0.2, 0) is 0 Å². The Balaban J connectivity index is 1.89. The number of carbonyl (C=O) groups is 1. The highest BCUT2D eigenvalue weighted by molar-refractivity contribution is 5.90. The predicted octanol–water partition coefficient (Wildman–Crippen LogP) is 2.57. The van der Waals surface area contributed by atoms with Gasteiger partial charge in [-0.3, -0.25) is 0 Å². The van der Waals surface area contributed by atoms with Gasteiger partial charge in [0.2, 0.25) is 0 Å². The van der Waals surface area contributed by atoms with E-state index < -0.39 is 5.97 Å². The van der Waals surface area contributed by atoms with Gasteiger partial charge in [0.1, 0.15) is 47.5 Å². The monoisotopic (exact) mass is 334 g/mol. The molecule has 2 aromatic carbocycles. The molecule has 0 radical (unpaired) electrons. The normalized spacial score (nSPS) is 10.1. The fourth-order valence-electron chi connectivity index (χ4n) is 1.97. The van der Waals surface area contributed by atoms with Crippen molar-refractivity contribution >= 4 is 5.97 Å². The zero-order valence-corrected chi connectivity index (χ0v) is 13.3. The Labute approximate surface area is 139 Å². The molecule has 2 N–H and O–H groups in total. The van der Waals surface area contributed by atoms with Crippen molar-refractivity contribution < 1.29 is 34.0 Å². The Morgan fingerprint density at radius 2 is 1.42 bits per heavy atom. The van der Waals surface area contributed by atoms with Crippen molar-refractivity contribution in [2.24, 2.45) is 0 Å². The molecule has 128 valence electrons. The van der Waals surface area contributed by atoms with Gasteiger partial charge in [-0.2, -0.15) is 0 Å². The minimum absolute atomic E-state index is 0.179. The molecule has 0 saturated heterocycles. The number of aromatic hydroxyl groups is 1. The van der Waals surface area contributed by atoms with Gasteiger partial charge < -0.3 is 29.2 Å². The number of ether oxygens (including phenoxy) is 4. The fraction of sp³-hybridized carbons (Fsp3) is 0.235. The second-order valence-electron chi connectivity index (χ2n) is 4.73. The largest absolute Gasteiger partial charge is 0.507 e. The van der Waals surface area contributed by atoms with E-state index >= 15 is 0 Å². The van der Waals surface area contributed by atoms with Crippen LogP contribution in [0, 0.1) is 0 Å². The van der Waals surface area contributed by atoms with Crippen LogP contribution < -0.4 is 18.9 Å². The molecule has 0 aliphatic carbocycles.